The molecule has 0 aliphatic carbocycles. The maximum Gasteiger partial charge on any atom is 0.391 e. The number of esters is 1. The molecule has 7 N–H and O–H groups in total. The number of unbranched alkanes of at least 4 members (excludes halogenated alkanes) is 3. The number of nitrogen functional groups attached to an aromatic ring is 2. The molecule has 2 heterocycles. The number of alkyl halides is 1. The molecule has 0 radical (unpaired) electrons. The quantitative estimate of drug-likeness (QED) is 0.00495. The number of halogens is 2. The van der Waals surface area contributed by atoms with E-state index in [-0.39, 0.29) is 110 Å². The third kappa shape index (κ3) is 35.5. The first-order chi connectivity index (χ1) is 45.8. The van der Waals surface area contributed by atoms with E-state index in [4.69, 9.17) is 32.6 Å². The van der Waals surface area contributed by atoms with Crippen LogP contribution in [0.1, 0.15) is 211 Å². The molecule has 0 spiro atoms. The maximum absolute atomic E-state index is 12.0. The molecule has 5 aromatic carbocycles. The Morgan fingerprint density at radius 3 is 1.28 bits per heavy atom. The molecule has 590 valence electrons. The lowest BCUT2D eigenvalue weighted by atomic mass is 9.95. The number of hydrogen-bond acceptors (Lipinski definition) is 17. The highest BCUT2D eigenvalue weighted by atomic mass is 79.9. The third-order valence-corrected chi connectivity index (χ3v) is 22.2. The number of nitrogens with zero attached hydrogens (tertiary/aromatic N) is 4. The molecule has 0 atom stereocenters. The fourth-order valence-corrected chi connectivity index (χ4v) is 10.5. The Kier molecular flexibility index (Phi) is 55.0. The Bertz CT molecular complexity index is 3430. The SMILES string of the molecule is C.C.C.C.C.C.CC(C)(C)[Si](C)(C)OCCCBr.CCCCN1C(=O)C(=O)Cc2cc(C)c(C)cc21.CCCCNc1cc(C)c(C)cc1N.CCCCNc1cc(C)c(C)cc1[N+](=O)[O-].CCOC(=O)C(=O)Cl.Cc1cc(N)c([N+](=O)[O-])cc1C.Cc1cc2c(cc1C)N(CCCO)C(=O)C(=O)C2. The van der Waals surface area contributed by atoms with Gasteiger partial charge in [0, 0.05) is 81.1 Å². The molecule has 0 bridgehead atoms. The number of amides is 2. The summed E-state index contributed by atoms with van der Waals surface area (Å²) in [6, 6.07) is 18.7. The molecule has 0 aromatic heterocycles. The van der Waals surface area contributed by atoms with Crippen LogP contribution in [0.15, 0.2) is 60.7 Å². The third-order valence-electron chi connectivity index (χ3n) is 16.9. The molecule has 2 aliphatic rings. The van der Waals surface area contributed by atoms with Crippen LogP contribution in [0.5, 0.6) is 0 Å². The number of fused-ring (bicyclic) bond motifs is 2. The summed E-state index contributed by atoms with van der Waals surface area (Å²) in [6.45, 7) is 43.0. The Balaban J connectivity index is -0.000000270. The van der Waals surface area contributed by atoms with E-state index in [0.717, 1.165) is 130 Å². The Hall–Kier alpha value is -7.57. The predicted octanol–water partition coefficient (Wildman–Crippen LogP) is 19.9. The zero-order valence-electron chi connectivity index (χ0n) is 61.5. The molecule has 7 rings (SSSR count). The normalized spacial score (nSPS) is 11.4. The van der Waals surface area contributed by atoms with E-state index in [1.165, 1.54) is 40.5 Å². The first-order valence-corrected chi connectivity index (χ1v) is 37.9. The average Bonchev–Trinajstić information content (AvgIpc) is 0.786. The number of rotatable bonds is 22. The van der Waals surface area contributed by atoms with Gasteiger partial charge in [0.05, 0.1) is 27.8 Å². The van der Waals surface area contributed by atoms with E-state index in [1.807, 2.05) is 91.8 Å². The van der Waals surface area contributed by atoms with Crippen LogP contribution >= 0.6 is 27.5 Å². The smallest absolute Gasteiger partial charge is 0.391 e. The summed E-state index contributed by atoms with van der Waals surface area (Å²) in [5, 5.41) is 37.0. The molecule has 0 saturated heterocycles. The van der Waals surface area contributed by atoms with E-state index >= 15 is 0 Å². The highest BCUT2D eigenvalue weighted by Gasteiger charge is 2.37. The summed E-state index contributed by atoms with van der Waals surface area (Å²) in [6.07, 6.45) is 8.45. The molecule has 24 heteroatoms. The van der Waals surface area contributed by atoms with Gasteiger partial charge in [0.1, 0.15) is 11.4 Å². The van der Waals surface area contributed by atoms with Gasteiger partial charge in [-0.25, -0.2) is 4.79 Å². The van der Waals surface area contributed by atoms with Crippen LogP contribution in [0.4, 0.5) is 45.5 Å². The number of nitro groups is 2. The maximum atomic E-state index is 12.0. The molecule has 0 saturated carbocycles. The molecule has 104 heavy (non-hydrogen) atoms. The molecule has 0 fully saturated rings. The van der Waals surface area contributed by atoms with Crippen molar-refractivity contribution in [3.05, 3.63) is 148 Å². The van der Waals surface area contributed by atoms with Crippen LogP contribution < -0.4 is 31.9 Å². The van der Waals surface area contributed by atoms with Crippen LogP contribution in [-0.4, -0.2) is 109 Å². The zero-order chi connectivity index (χ0) is 74.9. The minimum absolute atomic E-state index is 0. The Labute approximate surface area is 640 Å². The number of aliphatic hydroxyl groups is 1. The van der Waals surface area contributed by atoms with E-state index in [2.05, 4.69) is 106 Å². The van der Waals surface area contributed by atoms with Gasteiger partial charge in [-0.15, -0.1) is 0 Å². The number of nitrogens with one attached hydrogen (secondary N) is 2. The number of anilines is 6. The first-order valence-electron chi connectivity index (χ1n) is 33.5. The number of nitrogens with two attached hydrogens (primary N) is 2. The minimum atomic E-state index is -1.46. The number of ether oxygens (including phenoxy) is 1. The second-order valence-corrected chi connectivity index (χ2v) is 31.8. The number of hydrogen-bond donors (Lipinski definition) is 5. The number of carbonyl (C=O) groups excluding carboxylic acids is 6. The summed E-state index contributed by atoms with van der Waals surface area (Å²) in [7, 11) is -1.46. The van der Waals surface area contributed by atoms with Crippen molar-refractivity contribution in [2.75, 3.05) is 83.2 Å². The molecule has 5 aromatic rings. The highest BCUT2D eigenvalue weighted by molar-refractivity contribution is 9.09. The zero-order valence-corrected chi connectivity index (χ0v) is 64.9. The van der Waals surface area contributed by atoms with Crippen molar-refractivity contribution < 1.29 is 52.9 Å². The lowest BCUT2D eigenvalue weighted by molar-refractivity contribution is -0.384. The largest absolute Gasteiger partial charge is 0.459 e. The number of nitro benzene ring substituents is 2. The van der Waals surface area contributed by atoms with Gasteiger partial charge in [0.15, 0.2) is 8.32 Å². The average molecular weight is 1560 g/mol. The van der Waals surface area contributed by atoms with Gasteiger partial charge in [0.25, 0.3) is 23.2 Å². The second-order valence-electron chi connectivity index (χ2n) is 25.9. The van der Waals surface area contributed by atoms with E-state index in [0.29, 0.717) is 30.2 Å². The highest BCUT2D eigenvalue weighted by Crippen LogP contribution is 2.37. The van der Waals surface area contributed by atoms with E-state index in [9.17, 15) is 49.0 Å². The lowest BCUT2D eigenvalue weighted by Crippen LogP contribution is -2.42. The van der Waals surface area contributed by atoms with Gasteiger partial charge < -0.3 is 46.2 Å². The fraction of sp³-hybridized carbons (Fsp3) is 0.550. The van der Waals surface area contributed by atoms with Crippen LogP contribution in [-0.2, 0) is 50.8 Å². The van der Waals surface area contributed by atoms with Crippen molar-refractivity contribution in [3.63, 3.8) is 0 Å². The molecule has 21 nitrogen and oxygen atoms in total. The summed E-state index contributed by atoms with van der Waals surface area (Å²) in [5.41, 5.74) is 28.9. The predicted molar refractivity (Wildman–Crippen MR) is 447 cm³/mol. The van der Waals surface area contributed by atoms with Crippen molar-refractivity contribution in [2.24, 2.45) is 0 Å². The monoisotopic (exact) mass is 1560 g/mol. The first kappa shape index (κ1) is 107. The number of benzene rings is 5. The Morgan fingerprint density at radius 1 is 0.558 bits per heavy atom. The van der Waals surface area contributed by atoms with Gasteiger partial charge in [-0.2, -0.15) is 0 Å². The molecule has 2 aliphatic heterocycles. The van der Waals surface area contributed by atoms with Crippen molar-refractivity contribution in [1.82, 2.24) is 0 Å². The van der Waals surface area contributed by atoms with Gasteiger partial charge in [-0.1, -0.05) is 133 Å². The van der Waals surface area contributed by atoms with Gasteiger partial charge in [-0.05, 0) is 241 Å². The topological polar surface area (TPSA) is 310 Å². The summed E-state index contributed by atoms with van der Waals surface area (Å²) >= 11 is 8.10. The van der Waals surface area contributed by atoms with Gasteiger partial charge >= 0.3 is 11.2 Å². The number of carbonyl (C=O) groups is 6. The van der Waals surface area contributed by atoms with Crippen LogP contribution in [0.2, 0.25) is 18.1 Å². The lowest BCUT2D eigenvalue weighted by Gasteiger charge is -2.36. The molecule has 2 amide bonds. The van der Waals surface area contributed by atoms with Gasteiger partial charge in [-0.3, -0.25) is 44.2 Å². The van der Waals surface area contributed by atoms with Crippen LogP contribution in [0, 0.1) is 89.5 Å². The number of aliphatic hydroxyl groups excluding tert-OH is 1. The van der Waals surface area contributed by atoms with Crippen molar-refractivity contribution >= 4 is 116 Å². The number of Topliss-reactive ketones (excluding diaryl/α,β-unsaturated/α-hetero) is 2. The summed E-state index contributed by atoms with van der Waals surface area (Å²) in [5.74, 6) is -2.46. The number of aryl methyl sites for hydroxylation is 10. The van der Waals surface area contributed by atoms with Crippen molar-refractivity contribution in [2.45, 2.75) is 245 Å². The Morgan fingerprint density at radius 2 is 0.913 bits per heavy atom. The van der Waals surface area contributed by atoms with E-state index in [1.54, 1.807) is 24.0 Å². The van der Waals surface area contributed by atoms with Gasteiger partial charge in [0.2, 0.25) is 11.6 Å². The minimum Gasteiger partial charge on any atom is -0.459 e. The molecule has 0 unspecified atom stereocenters. The molecular weight excluding hydrogens is 1420 g/mol. The standard InChI is InChI=1S/C15H19NO2.C14H17NO3.C12H18N2O2.C12H20N2.C9H21BrOSi.C8H10N2O2.C4H5ClO3.6CH4/c1-4-5-6-16-13-8-11(3)10(2)7-12(13)9-14(17)15(16)18;1-9-6-11-8-13(17)14(18)15(4-3-5-16)12(11)7-10(9)2;1-4-5-6-13-11-7-9(2)10(3)8-12(11)14(15)16;1-4-5-6-14-12-8-10(3)9(2)7-11(12)13;1-9(2,3)12(4,5)11-8-6-7-10;1-5-3-7(9)8(10(11)12)4-6(5)2;1-2-8-4(7)3(5)6;;;;;;/h7-8H,4-6,9H2,1-3H3;6-7,16H,3-5,8H2,1-2H3;7-8,13H,4-6H2,1-3H3;7-8,14H,4-6,13H2,1-3H3;6-8H2,1-5H3;3-4H,9H2,1-2H3;2H2,1H3;6*1H4. The van der Waals surface area contributed by atoms with Crippen LogP contribution in [0.3, 0.4) is 0 Å². The fourth-order valence-electron chi connectivity index (χ4n) is 9.17. The van der Waals surface area contributed by atoms with Crippen molar-refractivity contribution in [3.8, 4) is 0 Å². The summed E-state index contributed by atoms with van der Waals surface area (Å²) < 4.78 is 10.1. The van der Waals surface area contributed by atoms with Crippen LogP contribution in [0.25, 0.3) is 0 Å². The second kappa shape index (κ2) is 53.2. The molecular formula is C80H134BrClN8O13Si. The van der Waals surface area contributed by atoms with E-state index < -0.39 is 30.4 Å². The number of ketones is 2. The van der Waals surface area contributed by atoms with Crippen molar-refractivity contribution in [1.29, 1.82) is 0 Å². The summed E-state index contributed by atoms with van der Waals surface area (Å²) in [4.78, 5) is 90.8.